The van der Waals surface area contributed by atoms with Crippen LogP contribution < -0.4 is 4.72 Å². The van der Waals surface area contributed by atoms with Gasteiger partial charge < -0.3 is 4.52 Å². The number of nitrogens with one attached hydrogen (secondary N) is 1. The van der Waals surface area contributed by atoms with Gasteiger partial charge in [0.05, 0.1) is 11.9 Å². The molecule has 0 radical (unpaired) electrons. The normalized spacial score (nSPS) is 11.6. The predicted molar refractivity (Wildman–Crippen MR) is 44.4 cm³/mol. The molecule has 12 heavy (non-hydrogen) atoms. The van der Waals surface area contributed by atoms with Crippen molar-refractivity contribution in [2.75, 3.05) is 11.0 Å². The van der Waals surface area contributed by atoms with Crippen LogP contribution in [-0.2, 0) is 10.0 Å². The van der Waals surface area contributed by atoms with Crippen molar-refractivity contribution in [1.82, 2.24) is 5.16 Å². The zero-order valence-electron chi connectivity index (χ0n) is 7.08. The van der Waals surface area contributed by atoms with Crippen LogP contribution in [0.2, 0.25) is 0 Å². The SMILES string of the molecule is Cc1noc(NS(C)(=O)=O)c1C. The second kappa shape index (κ2) is 2.78. The van der Waals surface area contributed by atoms with E-state index in [0.717, 1.165) is 6.26 Å². The van der Waals surface area contributed by atoms with Crippen molar-refractivity contribution in [2.45, 2.75) is 13.8 Å². The van der Waals surface area contributed by atoms with Crippen molar-refractivity contribution in [3.05, 3.63) is 11.3 Å². The molecule has 68 valence electrons. The van der Waals surface area contributed by atoms with Gasteiger partial charge in [0.15, 0.2) is 0 Å². The minimum absolute atomic E-state index is 0.190. The van der Waals surface area contributed by atoms with Crippen molar-refractivity contribution >= 4 is 15.9 Å². The third-order valence-corrected chi connectivity index (χ3v) is 1.99. The average Bonchev–Trinajstić information content (AvgIpc) is 2.16. The molecular formula is C6H10N2O3S. The van der Waals surface area contributed by atoms with E-state index in [9.17, 15) is 8.42 Å². The highest BCUT2D eigenvalue weighted by molar-refractivity contribution is 7.92. The van der Waals surface area contributed by atoms with Gasteiger partial charge in [0.1, 0.15) is 0 Å². The first kappa shape index (κ1) is 9.05. The van der Waals surface area contributed by atoms with Crippen LogP contribution in [0.5, 0.6) is 0 Å². The molecule has 0 saturated carbocycles. The van der Waals surface area contributed by atoms with Gasteiger partial charge in [-0.05, 0) is 13.8 Å². The summed E-state index contributed by atoms with van der Waals surface area (Å²) in [6.45, 7) is 3.48. The highest BCUT2D eigenvalue weighted by atomic mass is 32.2. The van der Waals surface area contributed by atoms with E-state index in [1.54, 1.807) is 13.8 Å². The monoisotopic (exact) mass is 190 g/mol. The molecule has 5 nitrogen and oxygen atoms in total. The van der Waals surface area contributed by atoms with Crippen molar-refractivity contribution in [2.24, 2.45) is 0 Å². The molecule has 0 fully saturated rings. The van der Waals surface area contributed by atoms with Gasteiger partial charge in [-0.2, -0.15) is 0 Å². The third kappa shape index (κ3) is 1.97. The lowest BCUT2D eigenvalue weighted by Crippen LogP contribution is -2.09. The summed E-state index contributed by atoms with van der Waals surface area (Å²) in [5.74, 6) is 0.190. The van der Waals surface area contributed by atoms with Gasteiger partial charge in [-0.25, -0.2) is 8.42 Å². The highest BCUT2D eigenvalue weighted by Gasteiger charge is 2.11. The maximum atomic E-state index is 10.8. The van der Waals surface area contributed by atoms with E-state index in [2.05, 4.69) is 9.88 Å². The van der Waals surface area contributed by atoms with Gasteiger partial charge in [-0.1, -0.05) is 5.16 Å². The molecule has 0 unspecified atom stereocenters. The highest BCUT2D eigenvalue weighted by Crippen LogP contribution is 2.17. The molecule has 0 bridgehead atoms. The molecule has 0 aliphatic carbocycles. The minimum atomic E-state index is -3.27. The molecule has 1 rings (SSSR count). The summed E-state index contributed by atoms with van der Waals surface area (Å²) >= 11 is 0. The summed E-state index contributed by atoms with van der Waals surface area (Å²) in [7, 11) is -3.27. The number of hydrogen-bond acceptors (Lipinski definition) is 4. The zero-order valence-corrected chi connectivity index (χ0v) is 7.90. The molecule has 0 aromatic carbocycles. The van der Waals surface area contributed by atoms with E-state index >= 15 is 0 Å². The van der Waals surface area contributed by atoms with Crippen LogP contribution in [0.15, 0.2) is 4.52 Å². The standard InChI is InChI=1S/C6H10N2O3S/c1-4-5(2)7-11-6(4)8-12(3,9)10/h8H,1-3H3. The number of aromatic nitrogens is 1. The quantitative estimate of drug-likeness (QED) is 0.743. The van der Waals surface area contributed by atoms with Gasteiger partial charge in [-0.3, -0.25) is 4.72 Å². The fourth-order valence-electron chi connectivity index (χ4n) is 0.679. The molecule has 6 heteroatoms. The largest absolute Gasteiger partial charge is 0.337 e. The Balaban J connectivity index is 2.99. The minimum Gasteiger partial charge on any atom is -0.337 e. The van der Waals surface area contributed by atoms with Crippen LogP contribution in [0.25, 0.3) is 0 Å². The smallest absolute Gasteiger partial charge is 0.241 e. The number of hydrogen-bond donors (Lipinski definition) is 1. The summed E-state index contributed by atoms with van der Waals surface area (Å²) in [4.78, 5) is 0. The van der Waals surface area contributed by atoms with Crippen molar-refractivity contribution in [3.63, 3.8) is 0 Å². The Labute approximate surface area is 70.8 Å². The lowest BCUT2D eigenvalue weighted by molar-refractivity contribution is 0.430. The van der Waals surface area contributed by atoms with Gasteiger partial charge in [0, 0.05) is 5.56 Å². The Bertz CT molecular complexity index is 379. The lowest BCUT2D eigenvalue weighted by atomic mass is 10.3. The molecule has 0 saturated heterocycles. The number of anilines is 1. The van der Waals surface area contributed by atoms with Crippen molar-refractivity contribution in [1.29, 1.82) is 0 Å². The summed E-state index contributed by atoms with van der Waals surface area (Å²) < 4.78 is 28.5. The fraction of sp³-hybridized carbons (Fsp3) is 0.500. The fourth-order valence-corrected chi connectivity index (χ4v) is 1.21. The van der Waals surface area contributed by atoms with Crippen LogP contribution >= 0.6 is 0 Å². The molecule has 1 heterocycles. The summed E-state index contributed by atoms with van der Waals surface area (Å²) in [6.07, 6.45) is 1.06. The number of rotatable bonds is 2. The summed E-state index contributed by atoms with van der Waals surface area (Å²) in [5.41, 5.74) is 1.39. The summed E-state index contributed by atoms with van der Waals surface area (Å²) in [6, 6.07) is 0. The van der Waals surface area contributed by atoms with Crippen LogP contribution in [0.4, 0.5) is 5.88 Å². The third-order valence-electron chi connectivity index (χ3n) is 1.44. The van der Waals surface area contributed by atoms with Gasteiger partial charge >= 0.3 is 0 Å². The molecule has 1 aromatic rings. The first-order valence-corrected chi connectivity index (χ1v) is 5.20. The van der Waals surface area contributed by atoms with Crippen LogP contribution in [0.1, 0.15) is 11.3 Å². The van der Waals surface area contributed by atoms with Gasteiger partial charge in [0.2, 0.25) is 15.9 Å². The van der Waals surface area contributed by atoms with Crippen molar-refractivity contribution < 1.29 is 12.9 Å². The molecule has 0 atom stereocenters. The number of nitrogens with zero attached hydrogens (tertiary/aromatic N) is 1. The first-order valence-electron chi connectivity index (χ1n) is 3.31. The van der Waals surface area contributed by atoms with Gasteiger partial charge in [0.25, 0.3) is 0 Å². The Morgan fingerprint density at radius 3 is 2.33 bits per heavy atom. The van der Waals surface area contributed by atoms with E-state index < -0.39 is 10.0 Å². The lowest BCUT2D eigenvalue weighted by Gasteiger charge is -1.97. The second-order valence-corrected chi connectivity index (χ2v) is 4.34. The zero-order chi connectivity index (χ0) is 9.35. The van der Waals surface area contributed by atoms with E-state index in [4.69, 9.17) is 4.52 Å². The van der Waals surface area contributed by atoms with Gasteiger partial charge in [-0.15, -0.1) is 0 Å². The Morgan fingerprint density at radius 2 is 2.00 bits per heavy atom. The molecule has 0 amide bonds. The maximum Gasteiger partial charge on any atom is 0.241 e. The molecule has 0 spiro atoms. The molecular weight excluding hydrogens is 180 g/mol. The molecule has 0 aliphatic rings. The van der Waals surface area contributed by atoms with Crippen LogP contribution in [0, 0.1) is 13.8 Å². The predicted octanol–water partition coefficient (Wildman–Crippen LogP) is 0.663. The summed E-state index contributed by atoms with van der Waals surface area (Å²) in [5, 5.41) is 3.60. The van der Waals surface area contributed by atoms with Crippen LogP contribution in [0.3, 0.4) is 0 Å². The molecule has 1 aromatic heterocycles. The number of aryl methyl sites for hydroxylation is 1. The van der Waals surface area contributed by atoms with E-state index in [0.29, 0.717) is 11.3 Å². The molecule has 1 N–H and O–H groups in total. The van der Waals surface area contributed by atoms with E-state index in [-0.39, 0.29) is 5.88 Å². The Kier molecular flexibility index (Phi) is 2.10. The Hall–Kier alpha value is -1.04. The molecule has 0 aliphatic heterocycles. The van der Waals surface area contributed by atoms with Crippen molar-refractivity contribution in [3.8, 4) is 0 Å². The second-order valence-electron chi connectivity index (χ2n) is 2.60. The topological polar surface area (TPSA) is 72.2 Å². The average molecular weight is 190 g/mol. The number of sulfonamides is 1. The van der Waals surface area contributed by atoms with E-state index in [1.807, 2.05) is 0 Å². The van der Waals surface area contributed by atoms with E-state index in [1.165, 1.54) is 0 Å². The maximum absolute atomic E-state index is 10.8. The van der Waals surface area contributed by atoms with Crippen LogP contribution in [-0.4, -0.2) is 19.8 Å². The Morgan fingerprint density at radius 1 is 1.42 bits per heavy atom. The first-order chi connectivity index (χ1) is 5.40.